The number of alkyl halides is 3. The average molecular weight is 268 g/mol. The largest absolute Gasteiger partial charge is 0.433 e. The summed E-state index contributed by atoms with van der Waals surface area (Å²) in [6.45, 7) is 5.66. The fourth-order valence-electron chi connectivity index (χ4n) is 1.57. The summed E-state index contributed by atoms with van der Waals surface area (Å²) in [7, 11) is 0. The second kappa shape index (κ2) is 3.95. The first-order chi connectivity index (χ1) is 8.63. The zero-order chi connectivity index (χ0) is 14.4. The molecule has 2 aromatic rings. The lowest BCUT2D eigenvalue weighted by atomic mass is 9.93. The highest BCUT2D eigenvalue weighted by Gasteiger charge is 2.34. The predicted molar refractivity (Wildman–Crippen MR) is 61.4 cm³/mol. The van der Waals surface area contributed by atoms with Gasteiger partial charge in [0.15, 0.2) is 5.69 Å². The number of hydrogen-bond acceptors (Lipinski definition) is 3. The maximum Gasteiger partial charge on any atom is 0.433 e. The Hall–Kier alpha value is -2.10. The van der Waals surface area contributed by atoms with Gasteiger partial charge >= 0.3 is 6.18 Å². The first-order valence-electron chi connectivity index (χ1n) is 5.51. The lowest BCUT2D eigenvalue weighted by Gasteiger charge is -2.13. The molecule has 0 fully saturated rings. The Kier molecular flexibility index (Phi) is 2.77. The van der Waals surface area contributed by atoms with Crippen molar-refractivity contribution in [2.24, 2.45) is 0 Å². The first-order valence-corrected chi connectivity index (χ1v) is 5.51. The highest BCUT2D eigenvalue weighted by atomic mass is 19.4. The molecule has 0 spiro atoms. The maximum atomic E-state index is 12.7. The van der Waals surface area contributed by atoms with Gasteiger partial charge in [-0.1, -0.05) is 20.8 Å². The number of nitriles is 1. The van der Waals surface area contributed by atoms with E-state index in [9.17, 15) is 13.2 Å². The Morgan fingerprint density at radius 1 is 1.16 bits per heavy atom. The second-order valence-corrected chi connectivity index (χ2v) is 5.18. The molecule has 0 unspecified atom stereocenters. The van der Waals surface area contributed by atoms with Crippen molar-refractivity contribution in [3.8, 4) is 6.07 Å². The van der Waals surface area contributed by atoms with Crippen molar-refractivity contribution in [3.63, 3.8) is 0 Å². The van der Waals surface area contributed by atoms with Crippen molar-refractivity contribution in [2.75, 3.05) is 0 Å². The minimum Gasteiger partial charge on any atom is -0.275 e. The summed E-state index contributed by atoms with van der Waals surface area (Å²) < 4.78 is 39.3. The third-order valence-corrected chi connectivity index (χ3v) is 2.61. The third kappa shape index (κ3) is 2.38. The molecule has 0 aliphatic heterocycles. The van der Waals surface area contributed by atoms with Crippen LogP contribution >= 0.6 is 0 Å². The number of rotatable bonds is 0. The molecule has 0 radical (unpaired) electrons. The molecule has 0 saturated heterocycles. The minimum absolute atomic E-state index is 0.0730. The van der Waals surface area contributed by atoms with Crippen LogP contribution in [0.2, 0.25) is 0 Å². The number of hydrogen-bond donors (Lipinski definition) is 0. The first kappa shape index (κ1) is 13.3. The summed E-state index contributed by atoms with van der Waals surface area (Å²) in [5, 5.41) is 8.91. The molecule has 2 rings (SSSR count). The Balaban J connectivity index is 2.75. The summed E-state index contributed by atoms with van der Waals surface area (Å²) in [4.78, 5) is 7.46. The minimum atomic E-state index is -4.60. The normalized spacial score (nSPS) is 12.7. The number of fused-ring (bicyclic) bond motifs is 1. The van der Waals surface area contributed by atoms with Crippen molar-refractivity contribution in [1.82, 2.24) is 14.4 Å². The predicted octanol–water partition coefficient (Wildman–Crippen LogP) is 2.92. The van der Waals surface area contributed by atoms with Gasteiger partial charge in [-0.2, -0.15) is 18.4 Å². The van der Waals surface area contributed by atoms with E-state index in [0.717, 1.165) is 6.07 Å². The van der Waals surface area contributed by atoms with Crippen molar-refractivity contribution in [2.45, 2.75) is 32.4 Å². The Morgan fingerprint density at radius 2 is 1.79 bits per heavy atom. The van der Waals surface area contributed by atoms with Gasteiger partial charge in [0.05, 0.1) is 5.69 Å². The standard InChI is InChI=1S/C12H11F3N4/c1-11(2,3)8-6-19-9(18-8)4-7(12(13,14)15)17-10(19)5-16/h4,6H,1-3H3. The Morgan fingerprint density at radius 3 is 2.26 bits per heavy atom. The molecular weight excluding hydrogens is 257 g/mol. The van der Waals surface area contributed by atoms with Gasteiger partial charge in [0.1, 0.15) is 11.7 Å². The van der Waals surface area contributed by atoms with E-state index in [4.69, 9.17) is 5.26 Å². The molecule has 0 N–H and O–H groups in total. The SMILES string of the molecule is CC(C)(C)c1cn2c(C#N)nc(C(F)(F)F)cc2n1. The van der Waals surface area contributed by atoms with Gasteiger partial charge < -0.3 is 0 Å². The van der Waals surface area contributed by atoms with E-state index >= 15 is 0 Å². The van der Waals surface area contributed by atoms with E-state index in [0.29, 0.717) is 5.69 Å². The summed E-state index contributed by atoms with van der Waals surface area (Å²) >= 11 is 0. The van der Waals surface area contributed by atoms with Gasteiger partial charge in [-0.25, -0.2) is 9.97 Å². The molecule has 0 aliphatic rings. The average Bonchev–Trinajstić information content (AvgIpc) is 2.69. The number of imidazole rings is 1. The van der Waals surface area contributed by atoms with Crippen molar-refractivity contribution in [1.29, 1.82) is 5.26 Å². The van der Waals surface area contributed by atoms with E-state index in [2.05, 4.69) is 9.97 Å². The fraction of sp³-hybridized carbons (Fsp3) is 0.417. The van der Waals surface area contributed by atoms with Crippen LogP contribution in [0, 0.1) is 11.3 Å². The van der Waals surface area contributed by atoms with Gasteiger partial charge in [-0.3, -0.25) is 4.40 Å². The zero-order valence-electron chi connectivity index (χ0n) is 10.6. The topological polar surface area (TPSA) is 54.0 Å². The highest BCUT2D eigenvalue weighted by Crippen LogP contribution is 2.29. The van der Waals surface area contributed by atoms with Gasteiger partial charge in [-0.15, -0.1) is 0 Å². The van der Waals surface area contributed by atoms with Crippen LogP contribution in [0.5, 0.6) is 0 Å². The molecule has 0 amide bonds. The molecule has 0 bridgehead atoms. The van der Waals surface area contributed by atoms with Gasteiger partial charge in [0.2, 0.25) is 5.82 Å². The molecule has 100 valence electrons. The number of halogens is 3. The second-order valence-electron chi connectivity index (χ2n) is 5.18. The van der Waals surface area contributed by atoms with Crippen LogP contribution < -0.4 is 0 Å². The van der Waals surface area contributed by atoms with Crippen LogP contribution in [0.25, 0.3) is 5.65 Å². The number of aromatic nitrogens is 3. The molecule has 0 aromatic carbocycles. The highest BCUT2D eigenvalue weighted by molar-refractivity contribution is 5.45. The van der Waals surface area contributed by atoms with E-state index in [1.807, 2.05) is 20.8 Å². The quantitative estimate of drug-likeness (QED) is 0.738. The molecule has 2 aromatic heterocycles. The van der Waals surface area contributed by atoms with Crippen LogP contribution in [0.4, 0.5) is 13.2 Å². The molecule has 2 heterocycles. The monoisotopic (exact) mass is 268 g/mol. The Bertz CT molecular complexity index is 671. The van der Waals surface area contributed by atoms with Gasteiger partial charge in [0.25, 0.3) is 0 Å². The molecule has 4 nitrogen and oxygen atoms in total. The molecule has 0 saturated carbocycles. The van der Waals surface area contributed by atoms with Gasteiger partial charge in [-0.05, 0) is 0 Å². The van der Waals surface area contributed by atoms with Crippen LogP contribution in [0.3, 0.4) is 0 Å². The van der Waals surface area contributed by atoms with Crippen molar-refractivity contribution < 1.29 is 13.2 Å². The lowest BCUT2D eigenvalue weighted by Crippen LogP contribution is -2.11. The van der Waals surface area contributed by atoms with Crippen molar-refractivity contribution >= 4 is 5.65 Å². The van der Waals surface area contributed by atoms with Crippen LogP contribution in [-0.4, -0.2) is 14.4 Å². The fourth-order valence-corrected chi connectivity index (χ4v) is 1.57. The number of nitrogens with zero attached hydrogens (tertiary/aromatic N) is 4. The van der Waals surface area contributed by atoms with E-state index in [1.165, 1.54) is 4.40 Å². The summed E-state index contributed by atoms with van der Waals surface area (Å²) in [6.07, 6.45) is -3.05. The molecular formula is C12H11F3N4. The van der Waals surface area contributed by atoms with Crippen LogP contribution in [0.1, 0.15) is 38.0 Å². The van der Waals surface area contributed by atoms with Crippen LogP contribution in [0.15, 0.2) is 12.3 Å². The van der Waals surface area contributed by atoms with E-state index < -0.39 is 11.9 Å². The van der Waals surface area contributed by atoms with E-state index in [1.54, 1.807) is 12.3 Å². The maximum absolute atomic E-state index is 12.7. The summed E-state index contributed by atoms with van der Waals surface area (Å²) in [5.74, 6) is -0.326. The van der Waals surface area contributed by atoms with Crippen molar-refractivity contribution in [3.05, 3.63) is 29.5 Å². The molecule has 19 heavy (non-hydrogen) atoms. The summed E-state index contributed by atoms with van der Waals surface area (Å²) in [5.41, 5.74) is -0.756. The molecule has 7 heteroatoms. The lowest BCUT2D eigenvalue weighted by molar-refractivity contribution is -0.141. The Labute approximate surface area is 107 Å². The van der Waals surface area contributed by atoms with Gasteiger partial charge in [0, 0.05) is 17.7 Å². The van der Waals surface area contributed by atoms with E-state index in [-0.39, 0.29) is 16.9 Å². The smallest absolute Gasteiger partial charge is 0.275 e. The summed E-state index contributed by atoms with van der Waals surface area (Å²) in [6, 6.07) is 2.50. The molecule has 0 aliphatic carbocycles. The third-order valence-electron chi connectivity index (χ3n) is 2.61. The molecule has 0 atom stereocenters. The van der Waals surface area contributed by atoms with Crippen LogP contribution in [-0.2, 0) is 11.6 Å². The zero-order valence-corrected chi connectivity index (χ0v) is 10.6.